The van der Waals surface area contributed by atoms with Crippen LogP contribution in [0.5, 0.6) is 11.5 Å². The molecule has 3 atom stereocenters. The highest BCUT2D eigenvalue weighted by molar-refractivity contribution is 5.99. The lowest BCUT2D eigenvalue weighted by atomic mass is 9.68. The molecule has 2 fully saturated rings. The minimum absolute atomic E-state index is 0.0281. The normalized spacial score (nSPS) is 33.1. The van der Waals surface area contributed by atoms with E-state index in [1.807, 2.05) is 0 Å². The second-order valence-electron chi connectivity index (χ2n) is 7.49. The highest BCUT2D eigenvalue weighted by Gasteiger charge is 2.59. The average molecular weight is 289 g/mol. The molecular formula is C17H23NO3. The van der Waals surface area contributed by atoms with Crippen LogP contribution < -0.4 is 5.32 Å². The van der Waals surface area contributed by atoms with E-state index in [2.05, 4.69) is 26.1 Å². The molecule has 3 rings (SSSR count). The van der Waals surface area contributed by atoms with Crippen molar-refractivity contribution in [3.8, 4) is 11.5 Å². The second kappa shape index (κ2) is 4.39. The highest BCUT2D eigenvalue weighted by atomic mass is 16.3. The zero-order chi connectivity index (χ0) is 15.4. The number of hydrogen-bond acceptors (Lipinski definition) is 3. The van der Waals surface area contributed by atoms with Crippen molar-refractivity contribution in [2.45, 2.75) is 46.1 Å². The molecule has 0 radical (unpaired) electrons. The summed E-state index contributed by atoms with van der Waals surface area (Å²) >= 11 is 0. The third kappa shape index (κ3) is 2.00. The maximum absolute atomic E-state index is 12.5. The van der Waals surface area contributed by atoms with Crippen molar-refractivity contribution in [3.05, 3.63) is 23.8 Å². The van der Waals surface area contributed by atoms with Gasteiger partial charge in [0.15, 0.2) is 0 Å². The van der Waals surface area contributed by atoms with E-state index in [1.54, 1.807) is 0 Å². The predicted octanol–water partition coefficient (Wildman–Crippen LogP) is 3.04. The first-order valence-electron chi connectivity index (χ1n) is 7.57. The Balaban J connectivity index is 1.89. The van der Waals surface area contributed by atoms with Gasteiger partial charge in [-0.05, 0) is 48.1 Å². The molecule has 2 aliphatic rings. The van der Waals surface area contributed by atoms with Gasteiger partial charge in [-0.3, -0.25) is 4.79 Å². The Hall–Kier alpha value is -1.71. The molecule has 2 aliphatic carbocycles. The van der Waals surface area contributed by atoms with Gasteiger partial charge in [-0.25, -0.2) is 0 Å². The van der Waals surface area contributed by atoms with E-state index in [1.165, 1.54) is 24.6 Å². The molecule has 0 aromatic heterocycles. The number of rotatable bonds is 2. The maximum atomic E-state index is 12.5. The Morgan fingerprint density at radius 3 is 2.38 bits per heavy atom. The highest BCUT2D eigenvalue weighted by Crippen LogP contribution is 2.62. The fourth-order valence-electron chi connectivity index (χ4n) is 4.63. The summed E-state index contributed by atoms with van der Waals surface area (Å²) in [5, 5.41) is 22.8. The fraction of sp³-hybridized carbons (Fsp3) is 0.588. The summed E-state index contributed by atoms with van der Waals surface area (Å²) in [6.07, 6.45) is 3.48. The summed E-state index contributed by atoms with van der Waals surface area (Å²) in [5.74, 6) is -0.125. The van der Waals surface area contributed by atoms with Crippen molar-refractivity contribution in [3.63, 3.8) is 0 Å². The average Bonchev–Trinajstić information content (AvgIpc) is 2.86. The Morgan fingerprint density at radius 1 is 1.24 bits per heavy atom. The van der Waals surface area contributed by atoms with Gasteiger partial charge in [-0.15, -0.1) is 0 Å². The zero-order valence-electron chi connectivity index (χ0n) is 12.8. The molecule has 4 nitrogen and oxygen atoms in total. The molecule has 3 unspecified atom stereocenters. The van der Waals surface area contributed by atoms with Crippen molar-refractivity contribution >= 4 is 5.91 Å². The number of aromatic hydroxyl groups is 2. The van der Waals surface area contributed by atoms with Gasteiger partial charge in [-0.1, -0.05) is 26.8 Å². The van der Waals surface area contributed by atoms with Crippen LogP contribution in [0.3, 0.4) is 0 Å². The van der Waals surface area contributed by atoms with E-state index in [0.717, 1.165) is 12.8 Å². The SMILES string of the molecule is CC12CCC(C1)C(C)(C)C2NC(=O)c1c(O)cccc1O. The first kappa shape index (κ1) is 14.2. The van der Waals surface area contributed by atoms with Crippen LogP contribution in [0.2, 0.25) is 0 Å². The minimum atomic E-state index is -0.391. The summed E-state index contributed by atoms with van der Waals surface area (Å²) < 4.78 is 0. The van der Waals surface area contributed by atoms with Crippen LogP contribution >= 0.6 is 0 Å². The number of nitrogens with one attached hydrogen (secondary N) is 1. The smallest absolute Gasteiger partial charge is 0.259 e. The molecule has 0 spiro atoms. The van der Waals surface area contributed by atoms with Crippen LogP contribution in [0.4, 0.5) is 0 Å². The van der Waals surface area contributed by atoms with E-state index in [0.29, 0.717) is 5.92 Å². The first-order chi connectivity index (χ1) is 9.75. The molecule has 0 aliphatic heterocycles. The van der Waals surface area contributed by atoms with E-state index >= 15 is 0 Å². The van der Waals surface area contributed by atoms with Gasteiger partial charge in [0.05, 0.1) is 0 Å². The molecular weight excluding hydrogens is 266 g/mol. The third-order valence-corrected chi connectivity index (χ3v) is 5.79. The molecule has 114 valence electrons. The number of carbonyl (C=O) groups excluding carboxylic acids is 1. The molecule has 0 saturated heterocycles. The van der Waals surface area contributed by atoms with E-state index in [9.17, 15) is 15.0 Å². The number of fused-ring (bicyclic) bond motifs is 2. The van der Waals surface area contributed by atoms with Gasteiger partial charge < -0.3 is 15.5 Å². The largest absolute Gasteiger partial charge is 0.507 e. The van der Waals surface area contributed by atoms with Crippen LogP contribution in [0.15, 0.2) is 18.2 Å². The second-order valence-corrected chi connectivity index (χ2v) is 7.49. The Labute approximate surface area is 125 Å². The topological polar surface area (TPSA) is 69.6 Å². The van der Waals surface area contributed by atoms with E-state index < -0.39 is 5.91 Å². The van der Waals surface area contributed by atoms with Crippen molar-refractivity contribution in [2.75, 3.05) is 0 Å². The number of phenolic OH excluding ortho intramolecular Hbond substituents is 2. The number of hydrogen-bond donors (Lipinski definition) is 3. The van der Waals surface area contributed by atoms with Crippen LogP contribution in [0.1, 0.15) is 50.4 Å². The monoisotopic (exact) mass is 289 g/mol. The van der Waals surface area contributed by atoms with Gasteiger partial charge in [0.1, 0.15) is 17.1 Å². The van der Waals surface area contributed by atoms with Gasteiger partial charge >= 0.3 is 0 Å². The van der Waals surface area contributed by atoms with Crippen molar-refractivity contribution in [1.82, 2.24) is 5.32 Å². The molecule has 2 bridgehead atoms. The predicted molar refractivity (Wildman–Crippen MR) is 80.3 cm³/mol. The lowest BCUT2D eigenvalue weighted by Gasteiger charge is -2.43. The van der Waals surface area contributed by atoms with Gasteiger partial charge in [0.2, 0.25) is 0 Å². The zero-order valence-corrected chi connectivity index (χ0v) is 12.8. The Bertz CT molecular complexity index is 571. The summed E-state index contributed by atoms with van der Waals surface area (Å²) in [4.78, 5) is 12.5. The van der Waals surface area contributed by atoms with Crippen LogP contribution in [-0.4, -0.2) is 22.2 Å². The molecule has 1 amide bonds. The van der Waals surface area contributed by atoms with Gasteiger partial charge in [0, 0.05) is 6.04 Å². The van der Waals surface area contributed by atoms with Gasteiger partial charge in [0.25, 0.3) is 5.91 Å². The maximum Gasteiger partial charge on any atom is 0.259 e. The Kier molecular flexibility index (Phi) is 2.98. The van der Waals surface area contributed by atoms with E-state index in [4.69, 9.17) is 0 Å². The summed E-state index contributed by atoms with van der Waals surface area (Å²) in [6, 6.07) is 4.42. The molecule has 0 heterocycles. The number of phenols is 2. The van der Waals surface area contributed by atoms with Crippen LogP contribution in [0, 0.1) is 16.7 Å². The lowest BCUT2D eigenvalue weighted by molar-refractivity contribution is 0.0733. The number of benzene rings is 1. The number of carbonyl (C=O) groups is 1. The van der Waals surface area contributed by atoms with Crippen molar-refractivity contribution in [2.24, 2.45) is 16.7 Å². The molecule has 1 aromatic rings. The summed E-state index contributed by atoms with van der Waals surface area (Å²) in [6.45, 7) is 6.65. The molecule has 4 heteroatoms. The van der Waals surface area contributed by atoms with Crippen molar-refractivity contribution in [1.29, 1.82) is 0 Å². The number of amides is 1. The summed E-state index contributed by atoms with van der Waals surface area (Å²) in [5.41, 5.74) is 0.131. The van der Waals surface area contributed by atoms with Crippen molar-refractivity contribution < 1.29 is 15.0 Å². The molecule has 2 saturated carbocycles. The Morgan fingerprint density at radius 2 is 1.86 bits per heavy atom. The quantitative estimate of drug-likeness (QED) is 0.783. The summed E-state index contributed by atoms with van der Waals surface area (Å²) in [7, 11) is 0. The minimum Gasteiger partial charge on any atom is -0.507 e. The first-order valence-corrected chi connectivity index (χ1v) is 7.57. The molecule has 3 N–H and O–H groups in total. The standard InChI is InChI=1S/C17H23NO3/c1-16(2)10-7-8-17(3,9-10)15(16)18-14(21)13-11(19)5-4-6-12(13)20/h4-6,10,15,19-20H,7-9H2,1-3H3,(H,18,21). The van der Waals surface area contributed by atoms with Gasteiger partial charge in [-0.2, -0.15) is 0 Å². The van der Waals surface area contributed by atoms with E-state index in [-0.39, 0.29) is 33.9 Å². The van der Waals surface area contributed by atoms with Crippen LogP contribution in [0.25, 0.3) is 0 Å². The van der Waals surface area contributed by atoms with Crippen LogP contribution in [-0.2, 0) is 0 Å². The third-order valence-electron chi connectivity index (χ3n) is 5.79. The molecule has 21 heavy (non-hydrogen) atoms. The fourth-order valence-corrected chi connectivity index (χ4v) is 4.63. The molecule has 1 aromatic carbocycles. The lowest BCUT2D eigenvalue weighted by Crippen LogP contribution is -2.52.